The molecule has 0 saturated carbocycles. The number of nitrogens with one attached hydrogen (secondary N) is 3. The van der Waals surface area contributed by atoms with E-state index in [9.17, 15) is 14.0 Å². The third kappa shape index (κ3) is 1.85. The van der Waals surface area contributed by atoms with Crippen molar-refractivity contribution in [2.45, 2.75) is 6.92 Å². The van der Waals surface area contributed by atoms with Gasteiger partial charge in [-0.05, 0) is 18.6 Å². The monoisotopic (exact) mass is 260 g/mol. The lowest BCUT2D eigenvalue weighted by atomic mass is 10.1. The largest absolute Gasteiger partial charge is 0.332 e. The third-order valence-electron chi connectivity index (χ3n) is 2.84. The van der Waals surface area contributed by atoms with Crippen molar-refractivity contribution in [3.63, 3.8) is 0 Å². The van der Waals surface area contributed by atoms with E-state index in [1.54, 1.807) is 19.1 Å². The van der Waals surface area contributed by atoms with Crippen LogP contribution in [0.3, 0.4) is 0 Å². The van der Waals surface area contributed by atoms with E-state index in [4.69, 9.17) is 0 Å². The van der Waals surface area contributed by atoms with E-state index in [2.05, 4.69) is 19.9 Å². The van der Waals surface area contributed by atoms with Crippen molar-refractivity contribution in [1.82, 2.24) is 19.9 Å². The number of H-pyrrole nitrogens is 3. The Labute approximate surface area is 105 Å². The molecule has 0 spiro atoms. The number of aryl methyl sites for hydroxylation is 1. The molecule has 96 valence electrons. The molecule has 0 atom stereocenters. The zero-order valence-electron chi connectivity index (χ0n) is 9.87. The van der Waals surface area contributed by atoms with Crippen LogP contribution < -0.4 is 11.2 Å². The van der Waals surface area contributed by atoms with Gasteiger partial charge in [-0.25, -0.2) is 14.2 Å². The third-order valence-corrected chi connectivity index (χ3v) is 2.84. The zero-order valence-corrected chi connectivity index (χ0v) is 9.87. The van der Waals surface area contributed by atoms with E-state index in [1.807, 2.05) is 0 Å². The summed E-state index contributed by atoms with van der Waals surface area (Å²) in [4.78, 5) is 34.0. The predicted octanol–water partition coefficient (Wildman–Crippen LogP) is 1.05. The maximum atomic E-state index is 13.5. The molecule has 7 heteroatoms. The highest BCUT2D eigenvalue weighted by Gasteiger charge is 2.10. The molecule has 0 aliphatic heterocycles. The molecule has 0 fully saturated rings. The first-order chi connectivity index (χ1) is 9.04. The number of hydrogen-bond donors (Lipinski definition) is 3. The molecule has 3 rings (SSSR count). The summed E-state index contributed by atoms with van der Waals surface area (Å²) in [6.07, 6.45) is 0. The van der Waals surface area contributed by atoms with Crippen LogP contribution in [0.4, 0.5) is 4.39 Å². The summed E-state index contributed by atoms with van der Waals surface area (Å²) in [6, 6.07) is 4.62. The lowest BCUT2D eigenvalue weighted by Gasteiger charge is -1.99. The highest BCUT2D eigenvalue weighted by Crippen LogP contribution is 2.19. The molecule has 3 aromatic rings. The molecule has 1 aromatic carbocycles. The topological polar surface area (TPSA) is 94.4 Å². The SMILES string of the molecule is Cc1ccc(-c2nc3[nH]c(=O)[nH]c(=O)c3[nH]2)cc1F. The van der Waals surface area contributed by atoms with E-state index in [0.717, 1.165) is 0 Å². The average Bonchev–Trinajstić information content (AvgIpc) is 2.76. The van der Waals surface area contributed by atoms with Gasteiger partial charge in [-0.1, -0.05) is 12.1 Å². The summed E-state index contributed by atoms with van der Waals surface area (Å²) in [5.41, 5.74) is 0.113. The molecule has 0 radical (unpaired) electrons. The molecule has 0 amide bonds. The van der Waals surface area contributed by atoms with Crippen LogP contribution in [0.25, 0.3) is 22.6 Å². The molecule has 0 bridgehead atoms. The lowest BCUT2D eigenvalue weighted by molar-refractivity contribution is 0.619. The van der Waals surface area contributed by atoms with Crippen molar-refractivity contribution < 1.29 is 4.39 Å². The minimum Gasteiger partial charge on any atom is -0.332 e. The molecule has 0 aliphatic carbocycles. The molecule has 2 heterocycles. The van der Waals surface area contributed by atoms with Crippen LogP contribution in [0.15, 0.2) is 27.8 Å². The number of imidazole rings is 1. The summed E-state index contributed by atoms with van der Waals surface area (Å²) < 4.78 is 13.5. The maximum Gasteiger partial charge on any atom is 0.327 e. The van der Waals surface area contributed by atoms with Gasteiger partial charge in [0, 0.05) is 5.56 Å². The Morgan fingerprint density at radius 3 is 2.68 bits per heavy atom. The van der Waals surface area contributed by atoms with Crippen molar-refractivity contribution in [1.29, 1.82) is 0 Å². The minimum atomic E-state index is -0.634. The Hall–Kier alpha value is -2.70. The van der Waals surface area contributed by atoms with Gasteiger partial charge in [-0.2, -0.15) is 0 Å². The Morgan fingerprint density at radius 1 is 1.16 bits per heavy atom. The molecule has 0 saturated heterocycles. The average molecular weight is 260 g/mol. The Morgan fingerprint density at radius 2 is 1.95 bits per heavy atom. The first-order valence-corrected chi connectivity index (χ1v) is 5.53. The number of aromatic nitrogens is 4. The van der Waals surface area contributed by atoms with Gasteiger partial charge < -0.3 is 4.98 Å². The smallest absolute Gasteiger partial charge is 0.327 e. The van der Waals surface area contributed by atoms with Crippen molar-refractivity contribution in [2.75, 3.05) is 0 Å². The highest BCUT2D eigenvalue weighted by atomic mass is 19.1. The standard InChI is InChI=1S/C12H9FN4O2/c1-5-2-3-6(4-7(5)13)9-14-8-10(15-9)16-12(19)17-11(8)18/h2-4H,1H3,(H3,14,15,16,17,18,19). The quantitative estimate of drug-likeness (QED) is 0.610. The molecule has 6 nitrogen and oxygen atoms in total. The van der Waals surface area contributed by atoms with Crippen LogP contribution in [0.2, 0.25) is 0 Å². The van der Waals surface area contributed by atoms with Crippen LogP contribution in [-0.4, -0.2) is 19.9 Å². The second-order valence-corrected chi connectivity index (χ2v) is 4.18. The summed E-state index contributed by atoms with van der Waals surface area (Å²) in [5.74, 6) is -0.0402. The Balaban J connectivity index is 2.26. The van der Waals surface area contributed by atoms with Crippen LogP contribution in [0.1, 0.15) is 5.56 Å². The predicted molar refractivity (Wildman–Crippen MR) is 67.5 cm³/mol. The number of nitrogens with zero attached hydrogens (tertiary/aromatic N) is 1. The first kappa shape index (κ1) is 11.4. The molecular formula is C12H9FN4O2. The second kappa shape index (κ2) is 3.91. The fourth-order valence-corrected chi connectivity index (χ4v) is 1.81. The van der Waals surface area contributed by atoms with Crippen molar-refractivity contribution in [3.05, 3.63) is 50.4 Å². The molecule has 0 aliphatic rings. The number of aromatic amines is 3. The second-order valence-electron chi connectivity index (χ2n) is 4.18. The summed E-state index contributed by atoms with van der Waals surface area (Å²) in [6.45, 7) is 1.65. The maximum absolute atomic E-state index is 13.5. The highest BCUT2D eigenvalue weighted by molar-refractivity contribution is 5.74. The number of fused-ring (bicyclic) bond motifs is 1. The number of hydrogen-bond acceptors (Lipinski definition) is 3. The van der Waals surface area contributed by atoms with Crippen LogP contribution in [-0.2, 0) is 0 Å². The van der Waals surface area contributed by atoms with Gasteiger partial charge in [0.15, 0.2) is 5.65 Å². The van der Waals surface area contributed by atoms with Gasteiger partial charge in [0.25, 0.3) is 5.56 Å². The van der Waals surface area contributed by atoms with Gasteiger partial charge >= 0.3 is 5.69 Å². The van der Waals surface area contributed by atoms with Gasteiger partial charge in [0.1, 0.15) is 17.2 Å². The lowest BCUT2D eigenvalue weighted by Crippen LogP contribution is -2.21. The van der Waals surface area contributed by atoms with E-state index < -0.39 is 11.2 Å². The zero-order chi connectivity index (χ0) is 13.6. The Bertz CT molecular complexity index is 891. The normalized spacial score (nSPS) is 11.1. The first-order valence-electron chi connectivity index (χ1n) is 5.53. The Kier molecular flexibility index (Phi) is 2.34. The molecule has 19 heavy (non-hydrogen) atoms. The fraction of sp³-hybridized carbons (Fsp3) is 0.0833. The van der Waals surface area contributed by atoms with Crippen molar-refractivity contribution in [3.8, 4) is 11.4 Å². The number of halogens is 1. The van der Waals surface area contributed by atoms with Crippen molar-refractivity contribution in [2.24, 2.45) is 0 Å². The summed E-state index contributed by atoms with van der Waals surface area (Å²) >= 11 is 0. The van der Waals surface area contributed by atoms with E-state index in [0.29, 0.717) is 17.0 Å². The van der Waals surface area contributed by atoms with Crippen LogP contribution in [0.5, 0.6) is 0 Å². The minimum absolute atomic E-state index is 0.143. The van der Waals surface area contributed by atoms with Gasteiger partial charge in [-0.3, -0.25) is 14.8 Å². The summed E-state index contributed by atoms with van der Waals surface area (Å²) in [7, 11) is 0. The molecule has 0 unspecified atom stereocenters. The molecule has 3 N–H and O–H groups in total. The van der Waals surface area contributed by atoms with Gasteiger partial charge in [0.2, 0.25) is 0 Å². The summed E-state index contributed by atoms with van der Waals surface area (Å²) in [5, 5.41) is 0. The molecule has 2 aromatic heterocycles. The van der Waals surface area contributed by atoms with Crippen LogP contribution in [0, 0.1) is 12.7 Å². The van der Waals surface area contributed by atoms with Gasteiger partial charge in [-0.15, -0.1) is 0 Å². The van der Waals surface area contributed by atoms with Crippen molar-refractivity contribution >= 4 is 11.2 Å². The number of benzene rings is 1. The van der Waals surface area contributed by atoms with Gasteiger partial charge in [0.05, 0.1) is 0 Å². The van der Waals surface area contributed by atoms with E-state index in [-0.39, 0.29) is 17.0 Å². The fourth-order valence-electron chi connectivity index (χ4n) is 1.81. The number of rotatable bonds is 1. The van der Waals surface area contributed by atoms with E-state index >= 15 is 0 Å². The molecular weight excluding hydrogens is 251 g/mol. The van der Waals surface area contributed by atoms with Crippen LogP contribution >= 0.6 is 0 Å². The van der Waals surface area contributed by atoms with E-state index in [1.165, 1.54) is 6.07 Å².